The lowest BCUT2D eigenvalue weighted by molar-refractivity contribution is 0.276. The molecule has 1 unspecified atom stereocenters. The predicted octanol–water partition coefficient (Wildman–Crippen LogP) is -0.107. The lowest BCUT2D eigenvalue weighted by Gasteiger charge is -2.34. The van der Waals surface area contributed by atoms with Crippen molar-refractivity contribution in [1.29, 1.82) is 0 Å². The average Bonchev–Trinajstić information content (AvgIpc) is 2.38. The van der Waals surface area contributed by atoms with Gasteiger partial charge in [0.05, 0.1) is 24.7 Å². The van der Waals surface area contributed by atoms with Gasteiger partial charge in [-0.3, -0.25) is 4.98 Å². The number of hydrogen-bond donors (Lipinski definition) is 1. The molecular formula is C10H15N3O3S2. The number of anilines is 1. The Morgan fingerprint density at radius 3 is 3.00 bits per heavy atom. The van der Waals surface area contributed by atoms with Crippen molar-refractivity contribution in [2.75, 3.05) is 29.2 Å². The number of sulfone groups is 1. The van der Waals surface area contributed by atoms with Gasteiger partial charge < -0.3 is 10.0 Å². The summed E-state index contributed by atoms with van der Waals surface area (Å²) in [5.74, 6) is 1.90. The minimum atomic E-state index is -3.17. The van der Waals surface area contributed by atoms with Gasteiger partial charge in [0.2, 0.25) is 0 Å². The van der Waals surface area contributed by atoms with Gasteiger partial charge >= 0.3 is 0 Å². The number of hydrogen-bond acceptors (Lipinski definition) is 7. The molecule has 0 amide bonds. The fourth-order valence-electron chi connectivity index (χ4n) is 1.81. The van der Waals surface area contributed by atoms with Crippen LogP contribution in [0.15, 0.2) is 12.4 Å². The summed E-state index contributed by atoms with van der Waals surface area (Å²) in [6.45, 7) is 0.416. The first-order chi connectivity index (χ1) is 8.52. The zero-order chi connectivity index (χ0) is 13.2. The Morgan fingerprint density at radius 1 is 1.56 bits per heavy atom. The van der Waals surface area contributed by atoms with Gasteiger partial charge in [-0.05, 0) is 0 Å². The number of aromatic nitrogens is 2. The number of aliphatic hydroxyl groups excluding tert-OH is 1. The maximum Gasteiger partial charge on any atom is 0.169 e. The van der Waals surface area contributed by atoms with Gasteiger partial charge in [0.1, 0.15) is 11.2 Å². The molecule has 2 heterocycles. The van der Waals surface area contributed by atoms with Gasteiger partial charge in [-0.1, -0.05) is 0 Å². The first-order valence-electron chi connectivity index (χ1n) is 5.47. The number of thioether (sulfide) groups is 1. The highest BCUT2D eigenvalue weighted by molar-refractivity contribution is 8.01. The van der Waals surface area contributed by atoms with E-state index in [0.717, 1.165) is 5.75 Å². The summed E-state index contributed by atoms with van der Waals surface area (Å²) in [6.07, 6.45) is 4.24. The average molecular weight is 289 g/mol. The van der Waals surface area contributed by atoms with Crippen LogP contribution in [-0.2, 0) is 16.4 Å². The van der Waals surface area contributed by atoms with E-state index in [-0.39, 0.29) is 6.61 Å². The Kier molecular flexibility index (Phi) is 4.08. The third-order valence-corrected chi connectivity index (χ3v) is 5.35. The lowest BCUT2D eigenvalue weighted by atomic mass is 10.4. The summed E-state index contributed by atoms with van der Waals surface area (Å²) < 4.78 is 23.5. The van der Waals surface area contributed by atoms with Crippen molar-refractivity contribution in [2.24, 2.45) is 0 Å². The molecule has 1 aliphatic rings. The summed E-state index contributed by atoms with van der Waals surface area (Å²) in [5, 5.41) is 8.47. The van der Waals surface area contributed by atoms with Crippen molar-refractivity contribution in [3.8, 4) is 0 Å². The largest absolute Gasteiger partial charge is 0.390 e. The minimum Gasteiger partial charge on any atom is -0.390 e. The molecule has 1 atom stereocenters. The molecule has 0 bridgehead atoms. The molecule has 1 aromatic rings. The van der Waals surface area contributed by atoms with E-state index < -0.39 is 15.2 Å². The molecule has 6 nitrogen and oxygen atoms in total. The predicted molar refractivity (Wildman–Crippen MR) is 71.3 cm³/mol. The Labute approximate surface area is 110 Å². The fraction of sp³-hybridized carbons (Fsp3) is 0.600. The SMILES string of the molecule is CS(=O)(=O)C1CSCCN1c1cncc(CO)n1. The summed E-state index contributed by atoms with van der Waals surface area (Å²) in [5.41, 5.74) is 0.443. The standard InChI is InChI=1S/C10H15N3O3S2/c1-18(15,16)10-7-17-3-2-13(10)9-5-11-4-8(6-14)12-9/h4-5,10,14H,2-3,6-7H2,1H3. The van der Waals surface area contributed by atoms with Crippen LogP contribution in [0, 0.1) is 0 Å². The van der Waals surface area contributed by atoms with E-state index >= 15 is 0 Å². The summed E-state index contributed by atoms with van der Waals surface area (Å²) in [6, 6.07) is 0. The summed E-state index contributed by atoms with van der Waals surface area (Å²) >= 11 is 1.62. The summed E-state index contributed by atoms with van der Waals surface area (Å²) in [7, 11) is -3.17. The van der Waals surface area contributed by atoms with Crippen molar-refractivity contribution < 1.29 is 13.5 Å². The van der Waals surface area contributed by atoms with Crippen LogP contribution in [0.25, 0.3) is 0 Å². The Morgan fingerprint density at radius 2 is 2.33 bits per heavy atom. The van der Waals surface area contributed by atoms with E-state index in [1.54, 1.807) is 16.7 Å². The smallest absolute Gasteiger partial charge is 0.169 e. The van der Waals surface area contributed by atoms with Crippen LogP contribution < -0.4 is 4.90 Å². The fourth-order valence-corrected chi connectivity index (χ4v) is 4.63. The van der Waals surface area contributed by atoms with Crippen LogP contribution in [0.5, 0.6) is 0 Å². The van der Waals surface area contributed by atoms with Crippen LogP contribution >= 0.6 is 11.8 Å². The van der Waals surface area contributed by atoms with Crippen LogP contribution in [0.1, 0.15) is 5.69 Å². The van der Waals surface area contributed by atoms with E-state index in [4.69, 9.17) is 5.11 Å². The van der Waals surface area contributed by atoms with Gasteiger partial charge in [0, 0.05) is 24.3 Å². The monoisotopic (exact) mass is 289 g/mol. The molecule has 0 aliphatic carbocycles. The molecule has 1 aliphatic heterocycles. The minimum absolute atomic E-state index is 0.201. The molecule has 1 fully saturated rings. The molecule has 0 saturated carbocycles. The van der Waals surface area contributed by atoms with Gasteiger partial charge in [-0.15, -0.1) is 0 Å². The van der Waals surface area contributed by atoms with Crippen LogP contribution in [0.3, 0.4) is 0 Å². The highest BCUT2D eigenvalue weighted by Crippen LogP contribution is 2.24. The molecular weight excluding hydrogens is 274 g/mol. The first kappa shape index (κ1) is 13.6. The molecule has 0 radical (unpaired) electrons. The van der Waals surface area contributed by atoms with Crippen molar-refractivity contribution >= 4 is 27.4 Å². The molecule has 100 valence electrons. The molecule has 1 saturated heterocycles. The van der Waals surface area contributed by atoms with Crippen molar-refractivity contribution in [1.82, 2.24) is 9.97 Å². The quantitative estimate of drug-likeness (QED) is 0.831. The maximum atomic E-state index is 11.8. The van der Waals surface area contributed by atoms with Crippen molar-refractivity contribution in [3.05, 3.63) is 18.1 Å². The van der Waals surface area contributed by atoms with E-state index in [1.807, 2.05) is 0 Å². The summed E-state index contributed by atoms with van der Waals surface area (Å²) in [4.78, 5) is 9.95. The Hall–Kier alpha value is -0.860. The Balaban J connectivity index is 2.33. The van der Waals surface area contributed by atoms with E-state index in [1.165, 1.54) is 18.6 Å². The number of aliphatic hydroxyl groups is 1. The highest BCUT2D eigenvalue weighted by Gasteiger charge is 2.32. The highest BCUT2D eigenvalue weighted by atomic mass is 32.2. The second-order valence-electron chi connectivity index (χ2n) is 4.08. The third kappa shape index (κ3) is 2.93. The number of rotatable bonds is 3. The van der Waals surface area contributed by atoms with Gasteiger partial charge in [0.25, 0.3) is 0 Å². The molecule has 1 N–H and O–H groups in total. The van der Waals surface area contributed by atoms with Gasteiger partial charge in [-0.25, -0.2) is 13.4 Å². The maximum absolute atomic E-state index is 11.8. The van der Waals surface area contributed by atoms with Crippen LogP contribution in [-0.4, -0.2) is 53.2 Å². The second-order valence-corrected chi connectivity index (χ2v) is 7.43. The molecule has 18 heavy (non-hydrogen) atoms. The molecule has 1 aromatic heterocycles. The number of nitrogens with zero attached hydrogens (tertiary/aromatic N) is 3. The van der Waals surface area contributed by atoms with Gasteiger partial charge in [0.15, 0.2) is 9.84 Å². The second kappa shape index (κ2) is 5.41. The van der Waals surface area contributed by atoms with E-state index in [2.05, 4.69) is 9.97 Å². The zero-order valence-electron chi connectivity index (χ0n) is 9.98. The normalized spacial score (nSPS) is 21.0. The van der Waals surface area contributed by atoms with Crippen molar-refractivity contribution in [2.45, 2.75) is 12.0 Å². The van der Waals surface area contributed by atoms with E-state index in [9.17, 15) is 8.42 Å². The van der Waals surface area contributed by atoms with Gasteiger partial charge in [-0.2, -0.15) is 11.8 Å². The molecule has 0 spiro atoms. The zero-order valence-corrected chi connectivity index (χ0v) is 11.6. The molecule has 2 rings (SSSR count). The first-order valence-corrected chi connectivity index (χ1v) is 8.58. The molecule has 0 aromatic carbocycles. The topological polar surface area (TPSA) is 83.4 Å². The Bertz CT molecular complexity index is 521. The lowest BCUT2D eigenvalue weighted by Crippen LogP contribution is -2.47. The van der Waals surface area contributed by atoms with Crippen LogP contribution in [0.2, 0.25) is 0 Å². The van der Waals surface area contributed by atoms with Crippen molar-refractivity contribution in [3.63, 3.8) is 0 Å². The van der Waals surface area contributed by atoms with Crippen LogP contribution in [0.4, 0.5) is 5.82 Å². The molecule has 8 heteroatoms. The van der Waals surface area contributed by atoms with E-state index in [0.29, 0.717) is 23.8 Å². The third-order valence-electron chi connectivity index (χ3n) is 2.71.